The first-order chi connectivity index (χ1) is 15.4. The highest BCUT2D eigenvalue weighted by Crippen LogP contribution is 2.55. The van der Waals surface area contributed by atoms with Crippen LogP contribution >= 0.6 is 34.5 Å². The van der Waals surface area contributed by atoms with E-state index in [1.54, 1.807) is 0 Å². The summed E-state index contributed by atoms with van der Waals surface area (Å²) in [5, 5.41) is 0. The Balaban J connectivity index is 1.60. The molecule has 1 saturated carbocycles. The fourth-order valence-electron chi connectivity index (χ4n) is 5.03. The molecule has 0 unspecified atom stereocenters. The molecule has 1 aromatic heterocycles. The Kier molecular flexibility index (Phi) is 9.52. The maximum Gasteiger partial charge on any atom is 0.348 e. The SMILES string of the molecule is CCCCC[C@@H](C)c1ccc([C@@H]2[C@@H](CCCc3ccc(C(=O)OC)s3)CCC2(Cl)Cl)cc1. The molecular formula is C27H36Cl2O2S. The third kappa shape index (κ3) is 6.52. The molecule has 0 aliphatic heterocycles. The molecule has 2 nitrogen and oxygen atoms in total. The van der Waals surface area contributed by atoms with Crippen molar-refractivity contribution in [1.29, 1.82) is 0 Å². The fourth-order valence-corrected chi connectivity index (χ4v) is 6.83. The summed E-state index contributed by atoms with van der Waals surface area (Å²) >= 11 is 15.2. The predicted octanol–water partition coefficient (Wildman–Crippen LogP) is 8.91. The third-order valence-electron chi connectivity index (χ3n) is 6.93. The van der Waals surface area contributed by atoms with Gasteiger partial charge in [0.1, 0.15) is 9.21 Å². The van der Waals surface area contributed by atoms with Crippen molar-refractivity contribution in [2.45, 2.75) is 87.8 Å². The lowest BCUT2D eigenvalue weighted by molar-refractivity contribution is 0.0606. The number of unbranched alkanes of at least 4 members (excludes halogenated alkanes) is 2. The van der Waals surface area contributed by atoms with Crippen molar-refractivity contribution in [3.8, 4) is 0 Å². The lowest BCUT2D eigenvalue weighted by Crippen LogP contribution is -2.21. The molecule has 176 valence electrons. The van der Waals surface area contributed by atoms with Gasteiger partial charge in [0.25, 0.3) is 0 Å². The van der Waals surface area contributed by atoms with Crippen molar-refractivity contribution in [1.82, 2.24) is 0 Å². The molecule has 0 amide bonds. The van der Waals surface area contributed by atoms with E-state index in [0.717, 1.165) is 32.1 Å². The molecule has 0 bridgehead atoms. The van der Waals surface area contributed by atoms with E-state index in [1.807, 2.05) is 12.1 Å². The van der Waals surface area contributed by atoms with Crippen LogP contribution in [0.4, 0.5) is 0 Å². The van der Waals surface area contributed by atoms with E-state index in [1.165, 1.54) is 60.1 Å². The second kappa shape index (κ2) is 11.9. The maximum absolute atomic E-state index is 11.7. The van der Waals surface area contributed by atoms with Crippen molar-refractivity contribution in [3.63, 3.8) is 0 Å². The summed E-state index contributed by atoms with van der Waals surface area (Å²) < 4.78 is 4.12. The number of halogens is 2. The van der Waals surface area contributed by atoms with Crippen LogP contribution in [0.15, 0.2) is 36.4 Å². The zero-order valence-corrected chi connectivity index (χ0v) is 21.9. The van der Waals surface area contributed by atoms with Crippen LogP contribution in [0.25, 0.3) is 0 Å². The van der Waals surface area contributed by atoms with Crippen LogP contribution in [-0.2, 0) is 11.2 Å². The van der Waals surface area contributed by atoms with Crippen molar-refractivity contribution in [2.75, 3.05) is 7.11 Å². The fraction of sp³-hybridized carbons (Fsp3) is 0.593. The first-order valence-corrected chi connectivity index (χ1v) is 13.6. The summed E-state index contributed by atoms with van der Waals surface area (Å²) in [7, 11) is 1.42. The third-order valence-corrected chi connectivity index (χ3v) is 8.90. The molecule has 2 aromatic rings. The van der Waals surface area contributed by atoms with Gasteiger partial charge in [-0.15, -0.1) is 34.5 Å². The van der Waals surface area contributed by atoms with Gasteiger partial charge >= 0.3 is 5.97 Å². The average molecular weight is 496 g/mol. The van der Waals surface area contributed by atoms with E-state index in [0.29, 0.717) is 16.7 Å². The Bertz CT molecular complexity index is 859. The van der Waals surface area contributed by atoms with Gasteiger partial charge in [-0.1, -0.05) is 57.4 Å². The maximum atomic E-state index is 11.7. The van der Waals surface area contributed by atoms with Gasteiger partial charge in [-0.2, -0.15) is 0 Å². The van der Waals surface area contributed by atoms with E-state index < -0.39 is 4.33 Å². The van der Waals surface area contributed by atoms with Crippen LogP contribution in [-0.4, -0.2) is 17.4 Å². The quantitative estimate of drug-likeness (QED) is 0.177. The normalized spacial score (nSPS) is 20.9. The van der Waals surface area contributed by atoms with Gasteiger partial charge in [-0.3, -0.25) is 0 Å². The van der Waals surface area contributed by atoms with Crippen molar-refractivity contribution >= 4 is 40.5 Å². The molecule has 1 heterocycles. The molecule has 1 aliphatic carbocycles. The number of aryl methyl sites for hydroxylation is 1. The minimum Gasteiger partial charge on any atom is -0.465 e. The van der Waals surface area contributed by atoms with Crippen LogP contribution in [0, 0.1) is 5.92 Å². The molecule has 0 N–H and O–H groups in total. The van der Waals surface area contributed by atoms with E-state index in [9.17, 15) is 4.79 Å². The van der Waals surface area contributed by atoms with Gasteiger partial charge in [-0.05, 0) is 73.6 Å². The topological polar surface area (TPSA) is 26.3 Å². The average Bonchev–Trinajstić information content (AvgIpc) is 3.37. The van der Waals surface area contributed by atoms with Crippen LogP contribution in [0.2, 0.25) is 0 Å². The number of carbonyl (C=O) groups is 1. The first-order valence-electron chi connectivity index (χ1n) is 12.0. The number of esters is 1. The zero-order valence-electron chi connectivity index (χ0n) is 19.5. The number of benzene rings is 1. The molecule has 0 saturated heterocycles. The van der Waals surface area contributed by atoms with Crippen molar-refractivity contribution < 1.29 is 9.53 Å². The Morgan fingerprint density at radius 2 is 1.91 bits per heavy atom. The molecule has 1 aromatic carbocycles. The van der Waals surface area contributed by atoms with Crippen LogP contribution in [0.1, 0.15) is 103 Å². The van der Waals surface area contributed by atoms with E-state index in [-0.39, 0.29) is 11.9 Å². The number of hydrogen-bond acceptors (Lipinski definition) is 3. The smallest absolute Gasteiger partial charge is 0.348 e. The minimum absolute atomic E-state index is 0.171. The summed E-state index contributed by atoms with van der Waals surface area (Å²) in [5.41, 5.74) is 2.68. The minimum atomic E-state index is -0.695. The van der Waals surface area contributed by atoms with Crippen LogP contribution in [0.5, 0.6) is 0 Å². The number of rotatable bonds is 11. The van der Waals surface area contributed by atoms with E-state index >= 15 is 0 Å². The number of thiophene rings is 1. The van der Waals surface area contributed by atoms with Gasteiger partial charge in [0.05, 0.1) is 7.11 Å². The molecular weight excluding hydrogens is 459 g/mol. The van der Waals surface area contributed by atoms with Crippen LogP contribution < -0.4 is 0 Å². The highest BCUT2D eigenvalue weighted by atomic mass is 35.5. The van der Waals surface area contributed by atoms with E-state index in [4.69, 9.17) is 27.9 Å². The van der Waals surface area contributed by atoms with Gasteiger partial charge in [0, 0.05) is 10.8 Å². The highest BCUT2D eigenvalue weighted by molar-refractivity contribution is 7.13. The molecule has 5 heteroatoms. The largest absolute Gasteiger partial charge is 0.465 e. The molecule has 3 rings (SSSR count). The van der Waals surface area contributed by atoms with Gasteiger partial charge in [0.2, 0.25) is 0 Å². The molecule has 1 aliphatic rings. The molecule has 0 spiro atoms. The summed E-state index contributed by atoms with van der Waals surface area (Å²) in [6.07, 6.45) is 10.1. The van der Waals surface area contributed by atoms with Crippen LogP contribution in [0.3, 0.4) is 0 Å². The van der Waals surface area contributed by atoms with Crippen molar-refractivity contribution in [3.05, 3.63) is 57.3 Å². The number of methoxy groups -OCH3 is 1. The molecule has 32 heavy (non-hydrogen) atoms. The summed E-state index contributed by atoms with van der Waals surface area (Å²) in [5.74, 6) is 0.990. The lowest BCUT2D eigenvalue weighted by atomic mass is 9.84. The highest BCUT2D eigenvalue weighted by Gasteiger charge is 2.46. The summed E-state index contributed by atoms with van der Waals surface area (Å²) in [6.45, 7) is 4.58. The van der Waals surface area contributed by atoms with Gasteiger partial charge < -0.3 is 4.74 Å². The Morgan fingerprint density at radius 3 is 2.59 bits per heavy atom. The summed E-state index contributed by atoms with van der Waals surface area (Å²) in [6, 6.07) is 13.0. The summed E-state index contributed by atoms with van der Waals surface area (Å²) in [4.78, 5) is 13.6. The number of carbonyl (C=O) groups excluding carboxylic acids is 1. The van der Waals surface area contributed by atoms with Gasteiger partial charge in [0.15, 0.2) is 0 Å². The number of ether oxygens (including phenoxy) is 1. The first kappa shape index (κ1) is 25.6. The Labute approximate surface area is 207 Å². The molecule has 1 fully saturated rings. The standard InChI is InChI=1S/C27H36Cl2O2S/c1-4-5-6-8-19(2)20-11-13-22(14-12-20)25-21(17-18-27(25,28)29)9-7-10-23-15-16-24(32-23)26(30)31-3/h11-16,19,21,25H,4-10,17-18H2,1-3H3/t19-,21+,25+/m1/s1. The van der Waals surface area contributed by atoms with Gasteiger partial charge in [-0.25, -0.2) is 4.79 Å². The number of alkyl halides is 2. The second-order valence-electron chi connectivity index (χ2n) is 9.25. The zero-order chi connectivity index (χ0) is 23.1. The monoisotopic (exact) mass is 494 g/mol. The lowest BCUT2D eigenvalue weighted by Gasteiger charge is -2.28. The Morgan fingerprint density at radius 1 is 1.16 bits per heavy atom. The van der Waals surface area contributed by atoms with E-state index in [2.05, 4.69) is 38.1 Å². The second-order valence-corrected chi connectivity index (χ2v) is 12.0. The predicted molar refractivity (Wildman–Crippen MR) is 137 cm³/mol. The Hall–Kier alpha value is -1.03. The van der Waals surface area contributed by atoms with Crippen molar-refractivity contribution in [2.24, 2.45) is 5.92 Å². The number of hydrogen-bond donors (Lipinski definition) is 0. The molecule has 0 radical (unpaired) electrons. The molecule has 3 atom stereocenters.